The third-order valence-corrected chi connectivity index (χ3v) is 3.29. The Kier molecular flexibility index (Phi) is 3.02. The molecule has 0 amide bonds. The lowest BCUT2D eigenvalue weighted by Gasteiger charge is -2.28. The standard InChI is InChI=1S/C14H17N3O/c1-11-3-2-4-12(9-11)14-13(10-16-18-14)17-7-5-15-6-8-17/h2-4,9-10,15H,5-8H2,1H3. The van der Waals surface area contributed by atoms with Crippen LogP contribution in [0, 0.1) is 6.92 Å². The van der Waals surface area contributed by atoms with E-state index in [1.165, 1.54) is 5.56 Å². The average molecular weight is 243 g/mol. The number of anilines is 1. The molecule has 4 nitrogen and oxygen atoms in total. The van der Waals surface area contributed by atoms with E-state index in [4.69, 9.17) is 4.52 Å². The molecule has 2 heterocycles. The van der Waals surface area contributed by atoms with Crippen LogP contribution in [0.1, 0.15) is 5.56 Å². The second kappa shape index (κ2) is 4.82. The molecule has 94 valence electrons. The minimum absolute atomic E-state index is 0.876. The van der Waals surface area contributed by atoms with Crippen LogP contribution in [0.3, 0.4) is 0 Å². The summed E-state index contributed by atoms with van der Waals surface area (Å²) in [6.07, 6.45) is 1.82. The molecule has 1 N–H and O–H groups in total. The number of hydrogen-bond donors (Lipinski definition) is 1. The SMILES string of the molecule is Cc1cccc(-c2oncc2N2CCNCC2)c1. The summed E-state index contributed by atoms with van der Waals surface area (Å²) in [4.78, 5) is 2.32. The Morgan fingerprint density at radius 3 is 2.89 bits per heavy atom. The summed E-state index contributed by atoms with van der Waals surface area (Å²) in [6.45, 7) is 6.11. The molecule has 1 aliphatic rings. The van der Waals surface area contributed by atoms with Crippen LogP contribution in [0.5, 0.6) is 0 Å². The highest BCUT2D eigenvalue weighted by atomic mass is 16.5. The van der Waals surface area contributed by atoms with Crippen LogP contribution in [0.2, 0.25) is 0 Å². The Bertz CT molecular complexity index is 529. The fourth-order valence-corrected chi connectivity index (χ4v) is 2.35. The summed E-state index contributed by atoms with van der Waals surface area (Å²) in [7, 11) is 0. The van der Waals surface area contributed by atoms with Crippen LogP contribution < -0.4 is 10.2 Å². The number of nitrogens with one attached hydrogen (secondary N) is 1. The number of aryl methyl sites for hydroxylation is 1. The number of piperazine rings is 1. The Hall–Kier alpha value is -1.81. The van der Waals surface area contributed by atoms with Crippen molar-refractivity contribution in [2.45, 2.75) is 6.92 Å². The second-order valence-corrected chi connectivity index (χ2v) is 4.65. The maximum Gasteiger partial charge on any atom is 0.190 e. The van der Waals surface area contributed by atoms with Gasteiger partial charge in [0, 0.05) is 31.7 Å². The molecule has 18 heavy (non-hydrogen) atoms. The van der Waals surface area contributed by atoms with E-state index >= 15 is 0 Å². The zero-order chi connectivity index (χ0) is 12.4. The van der Waals surface area contributed by atoms with E-state index in [-0.39, 0.29) is 0 Å². The molecule has 0 bridgehead atoms. The highest BCUT2D eigenvalue weighted by Gasteiger charge is 2.18. The minimum atomic E-state index is 0.876. The predicted octanol–water partition coefficient (Wildman–Crippen LogP) is 2.06. The van der Waals surface area contributed by atoms with E-state index in [1.807, 2.05) is 6.20 Å². The fraction of sp³-hybridized carbons (Fsp3) is 0.357. The van der Waals surface area contributed by atoms with E-state index in [0.717, 1.165) is 43.2 Å². The Labute approximate surface area is 107 Å². The monoisotopic (exact) mass is 243 g/mol. The van der Waals surface area contributed by atoms with Gasteiger partial charge in [-0.25, -0.2) is 0 Å². The van der Waals surface area contributed by atoms with Crippen LogP contribution in [0.15, 0.2) is 35.0 Å². The quantitative estimate of drug-likeness (QED) is 0.876. The molecule has 1 aliphatic heterocycles. The van der Waals surface area contributed by atoms with Gasteiger partial charge < -0.3 is 14.7 Å². The zero-order valence-electron chi connectivity index (χ0n) is 10.5. The van der Waals surface area contributed by atoms with Crippen LogP contribution >= 0.6 is 0 Å². The maximum absolute atomic E-state index is 5.45. The van der Waals surface area contributed by atoms with Crippen LogP contribution in [0.25, 0.3) is 11.3 Å². The Morgan fingerprint density at radius 2 is 2.11 bits per heavy atom. The number of rotatable bonds is 2. The van der Waals surface area contributed by atoms with Crippen molar-refractivity contribution in [3.8, 4) is 11.3 Å². The van der Waals surface area contributed by atoms with E-state index < -0.39 is 0 Å². The lowest BCUT2D eigenvalue weighted by atomic mass is 10.1. The molecule has 4 heteroatoms. The van der Waals surface area contributed by atoms with Crippen molar-refractivity contribution < 1.29 is 4.52 Å². The number of aromatic nitrogens is 1. The molecular formula is C14H17N3O. The third-order valence-electron chi connectivity index (χ3n) is 3.29. The van der Waals surface area contributed by atoms with Gasteiger partial charge in [-0.3, -0.25) is 0 Å². The molecule has 0 spiro atoms. The van der Waals surface area contributed by atoms with Gasteiger partial charge in [-0.1, -0.05) is 28.9 Å². The molecule has 2 aromatic rings. The largest absolute Gasteiger partial charge is 0.365 e. The number of benzene rings is 1. The summed E-state index contributed by atoms with van der Waals surface area (Å²) < 4.78 is 5.45. The van der Waals surface area contributed by atoms with Gasteiger partial charge in [0.25, 0.3) is 0 Å². The van der Waals surface area contributed by atoms with Crippen LogP contribution in [-0.2, 0) is 0 Å². The van der Waals surface area contributed by atoms with Gasteiger partial charge in [0.2, 0.25) is 0 Å². The van der Waals surface area contributed by atoms with E-state index in [2.05, 4.69) is 46.6 Å². The van der Waals surface area contributed by atoms with Gasteiger partial charge in [-0.15, -0.1) is 0 Å². The van der Waals surface area contributed by atoms with Crippen LogP contribution in [0.4, 0.5) is 5.69 Å². The molecule has 1 aromatic carbocycles. The third kappa shape index (κ3) is 2.11. The predicted molar refractivity (Wildman–Crippen MR) is 71.8 cm³/mol. The van der Waals surface area contributed by atoms with Gasteiger partial charge in [0.15, 0.2) is 5.76 Å². The van der Waals surface area contributed by atoms with Gasteiger partial charge in [0.1, 0.15) is 5.69 Å². The summed E-state index contributed by atoms with van der Waals surface area (Å²) in [5.74, 6) is 0.876. The Morgan fingerprint density at radius 1 is 1.28 bits per heavy atom. The molecule has 1 saturated heterocycles. The highest BCUT2D eigenvalue weighted by molar-refractivity contribution is 5.73. The minimum Gasteiger partial charge on any atom is -0.365 e. The van der Waals surface area contributed by atoms with Gasteiger partial charge in [0.05, 0.1) is 6.20 Å². The van der Waals surface area contributed by atoms with Crippen molar-refractivity contribution in [1.82, 2.24) is 10.5 Å². The van der Waals surface area contributed by atoms with Crippen molar-refractivity contribution >= 4 is 5.69 Å². The van der Waals surface area contributed by atoms with Crippen molar-refractivity contribution in [1.29, 1.82) is 0 Å². The van der Waals surface area contributed by atoms with Crippen LogP contribution in [-0.4, -0.2) is 31.3 Å². The fourth-order valence-electron chi connectivity index (χ4n) is 2.35. The zero-order valence-corrected chi connectivity index (χ0v) is 10.5. The first kappa shape index (κ1) is 11.3. The molecule has 0 aliphatic carbocycles. The number of hydrogen-bond acceptors (Lipinski definition) is 4. The molecule has 0 atom stereocenters. The average Bonchev–Trinajstić information content (AvgIpc) is 2.89. The Balaban J connectivity index is 1.95. The first-order valence-electron chi connectivity index (χ1n) is 6.32. The van der Waals surface area contributed by atoms with Crippen molar-refractivity contribution in [2.24, 2.45) is 0 Å². The summed E-state index contributed by atoms with van der Waals surface area (Å²) in [6, 6.07) is 8.34. The first-order valence-corrected chi connectivity index (χ1v) is 6.32. The smallest absolute Gasteiger partial charge is 0.190 e. The lowest BCUT2D eigenvalue weighted by molar-refractivity contribution is 0.432. The maximum atomic E-state index is 5.45. The second-order valence-electron chi connectivity index (χ2n) is 4.65. The van der Waals surface area contributed by atoms with Gasteiger partial charge >= 0.3 is 0 Å². The summed E-state index contributed by atoms with van der Waals surface area (Å²) >= 11 is 0. The normalized spacial score (nSPS) is 15.9. The molecular weight excluding hydrogens is 226 g/mol. The lowest BCUT2D eigenvalue weighted by Crippen LogP contribution is -2.43. The molecule has 3 rings (SSSR count). The van der Waals surface area contributed by atoms with Gasteiger partial charge in [-0.2, -0.15) is 0 Å². The van der Waals surface area contributed by atoms with Crippen molar-refractivity contribution in [2.75, 3.05) is 31.1 Å². The molecule has 0 saturated carbocycles. The number of nitrogens with zero attached hydrogens (tertiary/aromatic N) is 2. The van der Waals surface area contributed by atoms with E-state index in [1.54, 1.807) is 0 Å². The molecule has 1 fully saturated rings. The van der Waals surface area contributed by atoms with E-state index in [0.29, 0.717) is 0 Å². The topological polar surface area (TPSA) is 41.3 Å². The molecule has 0 radical (unpaired) electrons. The van der Waals surface area contributed by atoms with Gasteiger partial charge in [-0.05, 0) is 13.0 Å². The van der Waals surface area contributed by atoms with Crippen molar-refractivity contribution in [3.05, 3.63) is 36.0 Å². The summed E-state index contributed by atoms with van der Waals surface area (Å²) in [5, 5.41) is 7.32. The van der Waals surface area contributed by atoms with E-state index in [9.17, 15) is 0 Å². The summed E-state index contributed by atoms with van der Waals surface area (Å²) in [5.41, 5.74) is 3.43. The highest BCUT2D eigenvalue weighted by Crippen LogP contribution is 2.31. The molecule has 1 aromatic heterocycles. The molecule has 0 unspecified atom stereocenters. The van der Waals surface area contributed by atoms with Crippen molar-refractivity contribution in [3.63, 3.8) is 0 Å². The first-order chi connectivity index (χ1) is 8.84.